The minimum Gasteiger partial charge on any atom is -0.491 e. The van der Waals surface area contributed by atoms with Crippen molar-refractivity contribution < 1.29 is 9.84 Å². The number of rotatable bonds is 5. The maximum Gasteiger partial charge on any atom is 0.119 e. The van der Waals surface area contributed by atoms with Crippen LogP contribution in [0.2, 0.25) is 0 Å². The highest BCUT2D eigenvalue weighted by Crippen LogP contribution is 2.28. The van der Waals surface area contributed by atoms with Crippen LogP contribution in [0.3, 0.4) is 0 Å². The molecule has 0 radical (unpaired) electrons. The van der Waals surface area contributed by atoms with Crippen LogP contribution in [-0.2, 0) is 0 Å². The lowest BCUT2D eigenvalue weighted by atomic mass is 9.88. The highest BCUT2D eigenvalue weighted by atomic mass is 16.5. The van der Waals surface area contributed by atoms with Crippen molar-refractivity contribution in [2.24, 2.45) is 5.41 Å². The standard InChI is InChI=1S/C16H26O2/c1-12(2)18-14-8-6-13(7-9-14)15(17)10-11-16(3,4)5/h6-9,12,15,17H,10-11H2,1-5H3. The first kappa shape index (κ1) is 15.0. The van der Waals surface area contributed by atoms with Gasteiger partial charge in [-0.05, 0) is 49.8 Å². The highest BCUT2D eigenvalue weighted by Gasteiger charge is 2.14. The van der Waals surface area contributed by atoms with Crippen LogP contribution in [0, 0.1) is 5.41 Å². The maximum absolute atomic E-state index is 10.1. The van der Waals surface area contributed by atoms with Crippen molar-refractivity contribution in [2.75, 3.05) is 0 Å². The molecule has 0 fully saturated rings. The quantitative estimate of drug-likeness (QED) is 0.842. The molecular formula is C16H26O2. The lowest BCUT2D eigenvalue weighted by molar-refractivity contribution is 0.147. The zero-order valence-corrected chi connectivity index (χ0v) is 12.2. The molecule has 2 nitrogen and oxygen atoms in total. The first-order valence-electron chi connectivity index (χ1n) is 6.72. The minimum atomic E-state index is -0.377. The molecule has 0 saturated heterocycles. The van der Waals surface area contributed by atoms with Crippen LogP contribution < -0.4 is 4.74 Å². The summed E-state index contributed by atoms with van der Waals surface area (Å²) < 4.78 is 5.58. The molecule has 0 saturated carbocycles. The van der Waals surface area contributed by atoms with Gasteiger partial charge in [0, 0.05) is 0 Å². The fraction of sp³-hybridized carbons (Fsp3) is 0.625. The minimum absolute atomic E-state index is 0.182. The Balaban J connectivity index is 2.56. The van der Waals surface area contributed by atoms with Crippen LogP contribution in [0.15, 0.2) is 24.3 Å². The first-order chi connectivity index (χ1) is 8.28. The molecule has 0 bridgehead atoms. The Bertz CT molecular complexity index is 346. The Labute approximate surface area is 111 Å². The van der Waals surface area contributed by atoms with Gasteiger partial charge in [-0.15, -0.1) is 0 Å². The van der Waals surface area contributed by atoms with Crippen LogP contribution >= 0.6 is 0 Å². The lowest BCUT2D eigenvalue weighted by Crippen LogP contribution is -2.08. The van der Waals surface area contributed by atoms with E-state index in [1.807, 2.05) is 38.1 Å². The summed E-state index contributed by atoms with van der Waals surface area (Å²) in [7, 11) is 0. The van der Waals surface area contributed by atoms with Gasteiger partial charge in [-0.25, -0.2) is 0 Å². The predicted octanol–water partition coefficient (Wildman–Crippen LogP) is 4.33. The smallest absolute Gasteiger partial charge is 0.119 e. The number of ether oxygens (including phenoxy) is 1. The van der Waals surface area contributed by atoms with Crippen molar-refractivity contribution >= 4 is 0 Å². The second-order valence-corrected chi connectivity index (χ2v) is 6.35. The third kappa shape index (κ3) is 5.54. The Morgan fingerprint density at radius 3 is 2.11 bits per heavy atom. The molecule has 0 spiro atoms. The molecule has 18 heavy (non-hydrogen) atoms. The topological polar surface area (TPSA) is 29.5 Å². The molecule has 0 heterocycles. The fourth-order valence-corrected chi connectivity index (χ4v) is 1.78. The molecule has 102 valence electrons. The molecule has 1 N–H and O–H groups in total. The molecule has 1 rings (SSSR count). The first-order valence-corrected chi connectivity index (χ1v) is 6.72. The zero-order valence-electron chi connectivity index (χ0n) is 12.2. The summed E-state index contributed by atoms with van der Waals surface area (Å²) in [6.45, 7) is 10.6. The number of aliphatic hydroxyl groups excluding tert-OH is 1. The van der Waals surface area contributed by atoms with Gasteiger partial charge in [0.2, 0.25) is 0 Å². The van der Waals surface area contributed by atoms with Gasteiger partial charge in [0.15, 0.2) is 0 Å². The van der Waals surface area contributed by atoms with E-state index in [9.17, 15) is 5.11 Å². The second kappa shape index (κ2) is 6.24. The van der Waals surface area contributed by atoms with E-state index >= 15 is 0 Å². The monoisotopic (exact) mass is 250 g/mol. The fourth-order valence-electron chi connectivity index (χ4n) is 1.78. The van der Waals surface area contributed by atoms with E-state index in [2.05, 4.69) is 20.8 Å². The highest BCUT2D eigenvalue weighted by molar-refractivity contribution is 5.28. The SMILES string of the molecule is CC(C)Oc1ccc(C(O)CCC(C)(C)C)cc1. The molecule has 1 unspecified atom stereocenters. The van der Waals surface area contributed by atoms with Gasteiger partial charge in [0.25, 0.3) is 0 Å². The van der Waals surface area contributed by atoms with Gasteiger partial charge in [0.1, 0.15) is 5.75 Å². The number of aliphatic hydroxyl groups is 1. The molecule has 0 aliphatic rings. The van der Waals surface area contributed by atoms with Crippen LogP contribution in [0.4, 0.5) is 0 Å². The summed E-state index contributed by atoms with van der Waals surface area (Å²) in [5.74, 6) is 0.858. The number of hydrogen-bond donors (Lipinski definition) is 1. The number of hydrogen-bond acceptors (Lipinski definition) is 2. The maximum atomic E-state index is 10.1. The van der Waals surface area contributed by atoms with E-state index in [0.29, 0.717) is 0 Å². The summed E-state index contributed by atoms with van der Waals surface area (Å²) >= 11 is 0. The van der Waals surface area contributed by atoms with Gasteiger partial charge < -0.3 is 9.84 Å². The Morgan fingerprint density at radius 1 is 1.11 bits per heavy atom. The third-order valence-corrected chi connectivity index (χ3v) is 2.80. The van der Waals surface area contributed by atoms with E-state index in [1.165, 1.54) is 0 Å². The van der Waals surface area contributed by atoms with E-state index < -0.39 is 0 Å². The van der Waals surface area contributed by atoms with E-state index in [4.69, 9.17) is 4.74 Å². The average Bonchev–Trinajstić information content (AvgIpc) is 2.25. The molecule has 0 aliphatic carbocycles. The summed E-state index contributed by atoms with van der Waals surface area (Å²) in [5, 5.41) is 10.1. The van der Waals surface area contributed by atoms with Gasteiger partial charge in [-0.2, -0.15) is 0 Å². The molecule has 0 aromatic heterocycles. The van der Waals surface area contributed by atoms with Gasteiger partial charge in [-0.3, -0.25) is 0 Å². The van der Waals surface area contributed by atoms with E-state index in [0.717, 1.165) is 24.2 Å². The molecule has 1 atom stereocenters. The van der Waals surface area contributed by atoms with Crippen LogP contribution in [0.5, 0.6) is 5.75 Å². The van der Waals surface area contributed by atoms with Crippen LogP contribution in [0.25, 0.3) is 0 Å². The predicted molar refractivity (Wildman–Crippen MR) is 75.9 cm³/mol. The summed E-state index contributed by atoms with van der Waals surface area (Å²) in [5.41, 5.74) is 1.23. The van der Waals surface area contributed by atoms with Gasteiger partial charge >= 0.3 is 0 Å². The average molecular weight is 250 g/mol. The summed E-state index contributed by atoms with van der Waals surface area (Å²) in [4.78, 5) is 0. The molecule has 1 aromatic carbocycles. The molecule has 1 aromatic rings. The van der Waals surface area contributed by atoms with Crippen molar-refractivity contribution in [3.8, 4) is 5.75 Å². The van der Waals surface area contributed by atoms with E-state index in [-0.39, 0.29) is 17.6 Å². The Kier molecular flexibility index (Phi) is 5.21. The summed E-state index contributed by atoms with van der Waals surface area (Å²) in [6.07, 6.45) is 1.62. The van der Waals surface area contributed by atoms with Crippen LogP contribution in [0.1, 0.15) is 59.1 Å². The van der Waals surface area contributed by atoms with Crippen molar-refractivity contribution in [1.29, 1.82) is 0 Å². The molecule has 2 heteroatoms. The van der Waals surface area contributed by atoms with Crippen molar-refractivity contribution in [1.82, 2.24) is 0 Å². The summed E-state index contributed by atoms with van der Waals surface area (Å²) in [6, 6.07) is 7.75. The van der Waals surface area contributed by atoms with Gasteiger partial charge in [-0.1, -0.05) is 32.9 Å². The van der Waals surface area contributed by atoms with Crippen molar-refractivity contribution in [3.05, 3.63) is 29.8 Å². The Hall–Kier alpha value is -1.02. The molecule has 0 amide bonds. The Morgan fingerprint density at radius 2 is 1.67 bits per heavy atom. The van der Waals surface area contributed by atoms with Crippen molar-refractivity contribution in [2.45, 2.75) is 59.7 Å². The molecule has 0 aliphatic heterocycles. The third-order valence-electron chi connectivity index (χ3n) is 2.80. The van der Waals surface area contributed by atoms with Crippen LogP contribution in [-0.4, -0.2) is 11.2 Å². The van der Waals surface area contributed by atoms with Crippen molar-refractivity contribution in [3.63, 3.8) is 0 Å². The zero-order chi connectivity index (χ0) is 13.8. The normalized spacial score (nSPS) is 13.7. The van der Waals surface area contributed by atoms with E-state index in [1.54, 1.807) is 0 Å². The largest absolute Gasteiger partial charge is 0.491 e. The second-order valence-electron chi connectivity index (χ2n) is 6.35. The number of benzene rings is 1. The molecular weight excluding hydrogens is 224 g/mol. The lowest BCUT2D eigenvalue weighted by Gasteiger charge is -2.20. The van der Waals surface area contributed by atoms with Gasteiger partial charge in [0.05, 0.1) is 12.2 Å².